The van der Waals surface area contributed by atoms with E-state index in [1.54, 1.807) is 0 Å². The van der Waals surface area contributed by atoms with Gasteiger partial charge in [0.05, 0.1) is 0 Å². The Morgan fingerprint density at radius 3 is 2.47 bits per heavy atom. The van der Waals surface area contributed by atoms with Crippen LogP contribution in [0.25, 0.3) is 0 Å². The molecule has 1 saturated carbocycles. The molecule has 1 aromatic carbocycles. The minimum atomic E-state index is 0. The van der Waals surface area contributed by atoms with Gasteiger partial charge in [0, 0.05) is 11.6 Å². The molecule has 1 aromatic rings. The summed E-state index contributed by atoms with van der Waals surface area (Å²) in [7, 11) is 0. The molecule has 2 rings (SSSR count). The summed E-state index contributed by atoms with van der Waals surface area (Å²) < 4.78 is 0. The summed E-state index contributed by atoms with van der Waals surface area (Å²) in [5, 5.41) is 3.13. The topological polar surface area (TPSA) is 55.1 Å². The molecule has 0 saturated heterocycles. The first-order valence-electron chi connectivity index (χ1n) is 6.69. The Kier molecular flexibility index (Phi) is 5.83. The van der Waals surface area contributed by atoms with Gasteiger partial charge in [0.2, 0.25) is 0 Å². The van der Waals surface area contributed by atoms with Crippen LogP contribution in [0.2, 0.25) is 0 Å². The lowest BCUT2D eigenvalue weighted by Gasteiger charge is -2.19. The molecule has 3 nitrogen and oxygen atoms in total. The highest BCUT2D eigenvalue weighted by Gasteiger charge is 2.27. The summed E-state index contributed by atoms with van der Waals surface area (Å²) in [5.41, 5.74) is 8.75. The molecule has 0 radical (unpaired) electrons. The Morgan fingerprint density at radius 2 is 1.89 bits per heavy atom. The Labute approximate surface area is 121 Å². The van der Waals surface area contributed by atoms with Crippen molar-refractivity contribution in [3.8, 4) is 0 Å². The first kappa shape index (κ1) is 16.0. The lowest BCUT2D eigenvalue weighted by molar-refractivity contribution is 0.0928. The summed E-state index contributed by atoms with van der Waals surface area (Å²) in [4.78, 5) is 12.2. The number of hydrogen-bond acceptors (Lipinski definition) is 2. The van der Waals surface area contributed by atoms with Gasteiger partial charge in [0.15, 0.2) is 0 Å². The van der Waals surface area contributed by atoms with Crippen LogP contribution in [-0.4, -0.2) is 18.5 Å². The zero-order valence-electron chi connectivity index (χ0n) is 11.6. The first-order chi connectivity index (χ1) is 8.60. The fourth-order valence-corrected chi connectivity index (χ4v) is 2.87. The maximum absolute atomic E-state index is 12.2. The predicted molar refractivity (Wildman–Crippen MR) is 80.8 cm³/mol. The van der Waals surface area contributed by atoms with Crippen LogP contribution in [0.1, 0.15) is 40.7 Å². The summed E-state index contributed by atoms with van der Waals surface area (Å²) in [6, 6.07) is 6.21. The lowest BCUT2D eigenvalue weighted by atomic mass is 10.0. The van der Waals surface area contributed by atoms with Gasteiger partial charge in [-0.25, -0.2) is 0 Å². The van der Waals surface area contributed by atoms with E-state index in [-0.39, 0.29) is 24.4 Å². The third-order valence-electron chi connectivity index (χ3n) is 3.76. The predicted octanol–water partition coefficient (Wildman–Crippen LogP) is 2.58. The number of amides is 1. The van der Waals surface area contributed by atoms with Gasteiger partial charge in [0.25, 0.3) is 5.91 Å². The quantitative estimate of drug-likeness (QED) is 0.895. The zero-order chi connectivity index (χ0) is 13.1. The Bertz CT molecular complexity index is 428. The van der Waals surface area contributed by atoms with Crippen LogP contribution in [0, 0.1) is 19.8 Å². The molecular weight excluding hydrogens is 260 g/mol. The number of halogens is 1. The van der Waals surface area contributed by atoms with Crippen molar-refractivity contribution in [2.45, 2.75) is 39.2 Å². The van der Waals surface area contributed by atoms with E-state index in [4.69, 9.17) is 5.73 Å². The third kappa shape index (κ3) is 3.95. The van der Waals surface area contributed by atoms with Crippen molar-refractivity contribution >= 4 is 18.3 Å². The summed E-state index contributed by atoms with van der Waals surface area (Å²) in [6.07, 6.45) is 3.35. The minimum absolute atomic E-state index is 0. The molecule has 1 fully saturated rings. The monoisotopic (exact) mass is 282 g/mol. The van der Waals surface area contributed by atoms with Crippen molar-refractivity contribution in [2.24, 2.45) is 11.7 Å². The molecule has 2 atom stereocenters. The van der Waals surface area contributed by atoms with Gasteiger partial charge in [-0.15, -0.1) is 12.4 Å². The van der Waals surface area contributed by atoms with Gasteiger partial charge in [-0.05, 0) is 51.3 Å². The van der Waals surface area contributed by atoms with E-state index in [0.29, 0.717) is 12.5 Å². The largest absolute Gasteiger partial charge is 0.349 e. The second-order valence-electron chi connectivity index (χ2n) is 5.38. The van der Waals surface area contributed by atoms with Gasteiger partial charge < -0.3 is 11.1 Å². The van der Waals surface area contributed by atoms with Gasteiger partial charge in [-0.3, -0.25) is 4.79 Å². The molecule has 0 spiro atoms. The van der Waals surface area contributed by atoms with Crippen molar-refractivity contribution in [1.82, 2.24) is 5.32 Å². The van der Waals surface area contributed by atoms with Gasteiger partial charge >= 0.3 is 0 Å². The minimum Gasteiger partial charge on any atom is -0.349 e. The van der Waals surface area contributed by atoms with Crippen LogP contribution >= 0.6 is 12.4 Å². The molecule has 2 unspecified atom stereocenters. The van der Waals surface area contributed by atoms with Crippen molar-refractivity contribution in [2.75, 3.05) is 6.54 Å². The molecule has 1 amide bonds. The number of rotatable bonds is 3. The van der Waals surface area contributed by atoms with Crippen molar-refractivity contribution in [1.29, 1.82) is 0 Å². The van der Waals surface area contributed by atoms with Crippen LogP contribution in [0.4, 0.5) is 0 Å². The van der Waals surface area contributed by atoms with E-state index in [9.17, 15) is 4.79 Å². The van der Waals surface area contributed by atoms with Gasteiger partial charge in [-0.1, -0.05) is 23.6 Å². The summed E-state index contributed by atoms with van der Waals surface area (Å²) in [6.45, 7) is 4.70. The van der Waals surface area contributed by atoms with E-state index in [1.807, 2.05) is 26.0 Å². The number of carbonyl (C=O) groups excluding carboxylic acids is 1. The first-order valence-corrected chi connectivity index (χ1v) is 6.69. The van der Waals surface area contributed by atoms with Gasteiger partial charge in [-0.2, -0.15) is 0 Å². The molecule has 0 heterocycles. The Hall–Kier alpha value is -1.06. The maximum Gasteiger partial charge on any atom is 0.251 e. The molecule has 19 heavy (non-hydrogen) atoms. The van der Waals surface area contributed by atoms with Crippen LogP contribution in [0.5, 0.6) is 0 Å². The third-order valence-corrected chi connectivity index (χ3v) is 3.76. The molecular formula is C15H23ClN2O. The van der Waals surface area contributed by atoms with E-state index >= 15 is 0 Å². The van der Waals surface area contributed by atoms with Crippen LogP contribution < -0.4 is 11.1 Å². The number of nitrogens with one attached hydrogen (secondary N) is 1. The normalized spacial score (nSPS) is 21.8. The van der Waals surface area contributed by atoms with E-state index in [1.165, 1.54) is 6.42 Å². The molecule has 0 aromatic heterocycles. The highest BCUT2D eigenvalue weighted by atomic mass is 35.5. The number of benzene rings is 1. The average molecular weight is 283 g/mol. The van der Waals surface area contributed by atoms with Crippen LogP contribution in [0.3, 0.4) is 0 Å². The van der Waals surface area contributed by atoms with E-state index in [2.05, 4.69) is 11.4 Å². The second kappa shape index (κ2) is 6.92. The number of hydrogen-bond donors (Lipinski definition) is 2. The van der Waals surface area contributed by atoms with Gasteiger partial charge in [0.1, 0.15) is 0 Å². The fraction of sp³-hybridized carbons (Fsp3) is 0.533. The highest BCUT2D eigenvalue weighted by molar-refractivity contribution is 5.94. The number of aryl methyl sites for hydroxylation is 2. The Morgan fingerprint density at radius 1 is 1.26 bits per heavy atom. The molecule has 0 aliphatic heterocycles. The SMILES string of the molecule is Cc1cc(C)cc(C(=O)NC2CCCC2CN)c1.Cl. The average Bonchev–Trinajstić information content (AvgIpc) is 2.75. The van der Waals surface area contributed by atoms with Crippen LogP contribution in [0.15, 0.2) is 18.2 Å². The molecule has 0 bridgehead atoms. The zero-order valence-corrected chi connectivity index (χ0v) is 12.4. The summed E-state index contributed by atoms with van der Waals surface area (Å²) >= 11 is 0. The molecule has 1 aliphatic rings. The standard InChI is InChI=1S/C15H22N2O.ClH/c1-10-6-11(2)8-13(7-10)15(18)17-14-5-3-4-12(14)9-16;/h6-8,12,14H,3-5,9,16H2,1-2H3,(H,17,18);1H. The van der Waals surface area contributed by atoms with Crippen LogP contribution in [-0.2, 0) is 0 Å². The van der Waals surface area contributed by atoms with E-state index < -0.39 is 0 Å². The van der Waals surface area contributed by atoms with Crippen molar-refractivity contribution < 1.29 is 4.79 Å². The second-order valence-corrected chi connectivity index (χ2v) is 5.38. The lowest BCUT2D eigenvalue weighted by Crippen LogP contribution is -2.39. The van der Waals surface area contributed by atoms with E-state index in [0.717, 1.165) is 29.5 Å². The molecule has 4 heteroatoms. The smallest absolute Gasteiger partial charge is 0.251 e. The molecule has 3 N–H and O–H groups in total. The summed E-state index contributed by atoms with van der Waals surface area (Å²) in [5.74, 6) is 0.479. The highest BCUT2D eigenvalue weighted by Crippen LogP contribution is 2.25. The van der Waals surface area contributed by atoms with Crippen molar-refractivity contribution in [3.05, 3.63) is 34.9 Å². The number of nitrogens with two attached hydrogens (primary N) is 1. The molecule has 106 valence electrons. The molecule has 1 aliphatic carbocycles. The fourth-order valence-electron chi connectivity index (χ4n) is 2.87. The maximum atomic E-state index is 12.2. The van der Waals surface area contributed by atoms with Crippen molar-refractivity contribution in [3.63, 3.8) is 0 Å². The number of carbonyl (C=O) groups is 1. The Balaban J connectivity index is 0.00000180.